The number of halogens is 3. The highest BCUT2D eigenvalue weighted by atomic mass is 35.5. The lowest BCUT2D eigenvalue weighted by Gasteiger charge is -2.34. The molecule has 0 aromatic heterocycles. The first-order valence-corrected chi connectivity index (χ1v) is 6.03. The van der Waals surface area contributed by atoms with E-state index in [4.69, 9.17) is 23.2 Å². The third-order valence-corrected chi connectivity index (χ3v) is 3.17. The van der Waals surface area contributed by atoms with Gasteiger partial charge >= 0.3 is 0 Å². The maximum atomic E-state index is 12.0. The molecule has 0 amide bonds. The van der Waals surface area contributed by atoms with Crippen LogP contribution in [-0.2, 0) is 0 Å². The van der Waals surface area contributed by atoms with E-state index in [0.717, 1.165) is 39.3 Å². The molecule has 1 saturated heterocycles. The lowest BCUT2D eigenvalue weighted by Crippen LogP contribution is -2.46. The SMILES string of the molecule is FCCCN1CCN(CC(Cl)=CCl)CC1. The van der Waals surface area contributed by atoms with Crippen LogP contribution in [0.2, 0.25) is 0 Å². The van der Waals surface area contributed by atoms with Crippen molar-refractivity contribution < 1.29 is 4.39 Å². The monoisotopic (exact) mass is 254 g/mol. The second kappa shape index (κ2) is 7.44. The van der Waals surface area contributed by atoms with Gasteiger partial charge in [-0.2, -0.15) is 0 Å². The van der Waals surface area contributed by atoms with Crippen molar-refractivity contribution in [1.82, 2.24) is 9.80 Å². The zero-order valence-corrected chi connectivity index (χ0v) is 10.3. The number of piperazine rings is 1. The summed E-state index contributed by atoms with van der Waals surface area (Å²) in [6, 6.07) is 0. The summed E-state index contributed by atoms with van der Waals surface area (Å²) in [5, 5.41) is 0.675. The van der Waals surface area contributed by atoms with Gasteiger partial charge in [0.2, 0.25) is 0 Å². The third-order valence-electron chi connectivity index (χ3n) is 2.57. The summed E-state index contributed by atoms with van der Waals surface area (Å²) in [6.07, 6.45) is 0.641. The fourth-order valence-electron chi connectivity index (χ4n) is 1.70. The second-order valence-corrected chi connectivity index (χ2v) is 4.42. The smallest absolute Gasteiger partial charge is 0.0906 e. The van der Waals surface area contributed by atoms with E-state index in [2.05, 4.69) is 9.80 Å². The van der Waals surface area contributed by atoms with Crippen LogP contribution in [0.15, 0.2) is 10.6 Å². The largest absolute Gasteiger partial charge is 0.301 e. The van der Waals surface area contributed by atoms with Crippen molar-refractivity contribution in [1.29, 1.82) is 0 Å². The van der Waals surface area contributed by atoms with E-state index in [-0.39, 0.29) is 6.67 Å². The average molecular weight is 255 g/mol. The number of nitrogens with zero attached hydrogens (tertiary/aromatic N) is 2. The van der Waals surface area contributed by atoms with Gasteiger partial charge in [0.05, 0.1) is 6.67 Å². The second-order valence-electron chi connectivity index (χ2n) is 3.72. The Hall–Kier alpha value is 0.170. The normalized spacial score (nSPS) is 20.9. The molecule has 0 aromatic rings. The lowest BCUT2D eigenvalue weighted by atomic mass is 10.3. The van der Waals surface area contributed by atoms with Crippen molar-refractivity contribution in [2.75, 3.05) is 45.9 Å². The van der Waals surface area contributed by atoms with Crippen LogP contribution in [0.1, 0.15) is 6.42 Å². The van der Waals surface area contributed by atoms with Crippen molar-refractivity contribution in [2.45, 2.75) is 6.42 Å². The number of alkyl halides is 1. The number of rotatable bonds is 5. The number of hydrogen-bond donors (Lipinski definition) is 0. The van der Waals surface area contributed by atoms with Crippen LogP contribution in [-0.4, -0.2) is 55.7 Å². The molecule has 0 atom stereocenters. The Labute approximate surface area is 101 Å². The van der Waals surface area contributed by atoms with E-state index < -0.39 is 0 Å². The number of hydrogen-bond acceptors (Lipinski definition) is 2. The first-order chi connectivity index (χ1) is 7.26. The molecule has 1 aliphatic rings. The highest BCUT2D eigenvalue weighted by Gasteiger charge is 2.16. The van der Waals surface area contributed by atoms with Gasteiger partial charge in [0, 0.05) is 49.8 Å². The summed E-state index contributed by atoms with van der Waals surface area (Å²) in [6.45, 7) is 5.31. The summed E-state index contributed by atoms with van der Waals surface area (Å²) in [7, 11) is 0. The minimum absolute atomic E-state index is 0.221. The lowest BCUT2D eigenvalue weighted by molar-refractivity contribution is 0.138. The highest BCUT2D eigenvalue weighted by molar-refractivity contribution is 6.36. The highest BCUT2D eigenvalue weighted by Crippen LogP contribution is 2.09. The first-order valence-electron chi connectivity index (χ1n) is 5.21. The van der Waals surface area contributed by atoms with E-state index in [1.54, 1.807) is 0 Å². The topological polar surface area (TPSA) is 6.48 Å². The predicted molar refractivity (Wildman–Crippen MR) is 63.3 cm³/mol. The Balaban J connectivity index is 2.18. The van der Waals surface area contributed by atoms with Gasteiger partial charge in [-0.15, -0.1) is 0 Å². The van der Waals surface area contributed by atoms with E-state index >= 15 is 0 Å². The Kier molecular flexibility index (Phi) is 6.57. The summed E-state index contributed by atoms with van der Waals surface area (Å²) in [5.41, 5.74) is 1.41. The zero-order chi connectivity index (χ0) is 11.1. The van der Waals surface area contributed by atoms with Crippen LogP contribution in [0.25, 0.3) is 0 Å². The van der Waals surface area contributed by atoms with E-state index in [0.29, 0.717) is 11.5 Å². The van der Waals surface area contributed by atoms with Crippen molar-refractivity contribution in [3.8, 4) is 0 Å². The fraction of sp³-hybridized carbons (Fsp3) is 0.800. The summed E-state index contributed by atoms with van der Waals surface area (Å²) >= 11 is 11.3. The van der Waals surface area contributed by atoms with Crippen LogP contribution in [0.4, 0.5) is 4.39 Å². The fourth-order valence-corrected chi connectivity index (χ4v) is 1.94. The predicted octanol–water partition coefficient (Wildman–Crippen LogP) is 2.28. The van der Waals surface area contributed by atoms with E-state index in [1.807, 2.05) is 0 Å². The molecule has 5 heteroatoms. The molecule has 15 heavy (non-hydrogen) atoms. The van der Waals surface area contributed by atoms with Gasteiger partial charge in [-0.05, 0) is 6.42 Å². The third kappa shape index (κ3) is 5.16. The van der Waals surface area contributed by atoms with Crippen LogP contribution >= 0.6 is 23.2 Å². The molecule has 88 valence electrons. The maximum Gasteiger partial charge on any atom is 0.0906 e. The van der Waals surface area contributed by atoms with Gasteiger partial charge in [0.25, 0.3) is 0 Å². The Morgan fingerprint density at radius 1 is 1.20 bits per heavy atom. The van der Waals surface area contributed by atoms with Crippen molar-refractivity contribution >= 4 is 23.2 Å². The van der Waals surface area contributed by atoms with E-state index in [1.165, 1.54) is 5.54 Å². The summed E-state index contributed by atoms with van der Waals surface area (Å²) in [4.78, 5) is 4.54. The van der Waals surface area contributed by atoms with Gasteiger partial charge in [-0.25, -0.2) is 0 Å². The maximum absolute atomic E-state index is 12.0. The van der Waals surface area contributed by atoms with Gasteiger partial charge in [0.15, 0.2) is 0 Å². The summed E-state index contributed by atoms with van der Waals surface area (Å²) in [5.74, 6) is 0. The molecule has 0 radical (unpaired) electrons. The van der Waals surface area contributed by atoms with Gasteiger partial charge in [0.1, 0.15) is 0 Å². The molecule has 0 saturated carbocycles. The molecule has 1 heterocycles. The molecular weight excluding hydrogens is 238 g/mol. The Morgan fingerprint density at radius 2 is 1.80 bits per heavy atom. The minimum atomic E-state index is -0.221. The van der Waals surface area contributed by atoms with Gasteiger partial charge in [-0.1, -0.05) is 23.2 Å². The molecule has 0 unspecified atom stereocenters. The van der Waals surface area contributed by atoms with E-state index in [9.17, 15) is 4.39 Å². The molecule has 0 aliphatic carbocycles. The molecule has 2 nitrogen and oxygen atoms in total. The van der Waals surface area contributed by atoms with Crippen LogP contribution in [0, 0.1) is 0 Å². The van der Waals surface area contributed by atoms with Crippen molar-refractivity contribution in [3.05, 3.63) is 10.6 Å². The minimum Gasteiger partial charge on any atom is -0.301 e. The Morgan fingerprint density at radius 3 is 2.33 bits per heavy atom. The molecule has 0 aromatic carbocycles. The van der Waals surface area contributed by atoms with Crippen LogP contribution in [0.5, 0.6) is 0 Å². The first kappa shape index (κ1) is 13.2. The average Bonchev–Trinajstić information content (AvgIpc) is 2.28. The summed E-state index contributed by atoms with van der Waals surface area (Å²) < 4.78 is 12.0. The van der Waals surface area contributed by atoms with Gasteiger partial charge < -0.3 is 4.90 Å². The Bertz CT molecular complexity index is 204. The van der Waals surface area contributed by atoms with Gasteiger partial charge in [-0.3, -0.25) is 9.29 Å². The molecule has 1 fully saturated rings. The quantitative estimate of drug-likeness (QED) is 0.743. The molecule has 1 rings (SSSR count). The van der Waals surface area contributed by atoms with Crippen LogP contribution < -0.4 is 0 Å². The standard InChI is InChI=1S/C10H17Cl2FN2/c11-8-10(12)9-15-6-4-14(5-7-15)3-1-2-13/h8H,1-7,9H2. The van der Waals surface area contributed by atoms with Crippen molar-refractivity contribution in [3.63, 3.8) is 0 Å². The molecule has 0 bridgehead atoms. The molecule has 1 aliphatic heterocycles. The zero-order valence-electron chi connectivity index (χ0n) is 8.76. The van der Waals surface area contributed by atoms with Crippen molar-refractivity contribution in [2.24, 2.45) is 0 Å². The molecule has 0 spiro atoms. The molecular formula is C10H17Cl2FN2. The van der Waals surface area contributed by atoms with Crippen LogP contribution in [0.3, 0.4) is 0 Å². The molecule has 0 N–H and O–H groups in total.